The van der Waals surface area contributed by atoms with E-state index in [0.29, 0.717) is 0 Å². The molecule has 0 saturated heterocycles. The van der Waals surface area contributed by atoms with Gasteiger partial charge in [-0.05, 0) is 11.1 Å². The third-order valence-corrected chi connectivity index (χ3v) is 4.42. The Balaban J connectivity index is 1.77. The van der Waals surface area contributed by atoms with Gasteiger partial charge in [-0.25, -0.2) is 0 Å². The van der Waals surface area contributed by atoms with Crippen molar-refractivity contribution in [3.63, 3.8) is 0 Å². The van der Waals surface area contributed by atoms with Crippen LogP contribution in [0.3, 0.4) is 0 Å². The molecule has 0 aliphatic rings. The fraction of sp³-hybridized carbons (Fsp3) is 0.222. The summed E-state index contributed by atoms with van der Waals surface area (Å²) in [5, 5.41) is 0. The number of Topliss-reactive ketones (excluding diaryl/α,β-unsaturated/α-hetero) is 2. The lowest BCUT2D eigenvalue weighted by atomic mass is 10.1. The monoisotopic (exact) mass is 314 g/mol. The van der Waals surface area contributed by atoms with E-state index in [-0.39, 0.29) is 35.9 Å². The lowest BCUT2D eigenvalue weighted by Crippen LogP contribution is -2.20. The minimum absolute atomic E-state index is 0.0601. The molecule has 2 aromatic carbocycles. The lowest BCUT2D eigenvalue weighted by Gasteiger charge is -2.03. The lowest BCUT2D eigenvalue weighted by molar-refractivity contribution is -0.116. The molecule has 0 radical (unpaired) electrons. The highest BCUT2D eigenvalue weighted by Gasteiger charge is 2.13. The van der Waals surface area contributed by atoms with Crippen LogP contribution in [-0.2, 0) is 33.2 Å². The van der Waals surface area contributed by atoms with Gasteiger partial charge >= 0.3 is 0 Å². The van der Waals surface area contributed by atoms with E-state index in [0.717, 1.165) is 11.1 Å². The molecular weight excluding hydrogens is 296 g/mol. The maximum absolute atomic E-state index is 11.9. The van der Waals surface area contributed by atoms with E-state index in [4.69, 9.17) is 0 Å². The van der Waals surface area contributed by atoms with Crippen LogP contribution in [0.1, 0.15) is 11.1 Å². The van der Waals surface area contributed by atoms with Crippen LogP contribution in [0.4, 0.5) is 0 Å². The summed E-state index contributed by atoms with van der Waals surface area (Å²) in [4.78, 5) is 23.7. The van der Waals surface area contributed by atoms with Crippen molar-refractivity contribution in [2.24, 2.45) is 0 Å². The second-order valence-electron chi connectivity index (χ2n) is 5.13. The summed E-state index contributed by atoms with van der Waals surface area (Å²) >= 11 is 0. The van der Waals surface area contributed by atoms with E-state index in [9.17, 15) is 13.8 Å². The van der Waals surface area contributed by atoms with Crippen LogP contribution in [0.2, 0.25) is 0 Å². The van der Waals surface area contributed by atoms with Crippen LogP contribution < -0.4 is 0 Å². The zero-order valence-electron chi connectivity index (χ0n) is 12.2. The highest BCUT2D eigenvalue weighted by molar-refractivity contribution is 7.86. The molecule has 2 aromatic rings. The van der Waals surface area contributed by atoms with Gasteiger partial charge in [0.2, 0.25) is 0 Å². The van der Waals surface area contributed by atoms with E-state index in [1.807, 2.05) is 60.7 Å². The summed E-state index contributed by atoms with van der Waals surface area (Å²) in [6.45, 7) is 0. The average molecular weight is 314 g/mol. The van der Waals surface area contributed by atoms with Crippen molar-refractivity contribution < 1.29 is 13.8 Å². The van der Waals surface area contributed by atoms with Crippen molar-refractivity contribution >= 4 is 22.4 Å². The molecule has 0 saturated carbocycles. The zero-order chi connectivity index (χ0) is 15.8. The predicted molar refractivity (Wildman–Crippen MR) is 88.2 cm³/mol. The summed E-state index contributed by atoms with van der Waals surface area (Å²) in [5.41, 5.74) is 1.81. The molecule has 0 fully saturated rings. The van der Waals surface area contributed by atoms with Gasteiger partial charge in [-0.3, -0.25) is 13.8 Å². The summed E-state index contributed by atoms with van der Waals surface area (Å²) < 4.78 is 11.9. The first kappa shape index (κ1) is 16.3. The second-order valence-corrected chi connectivity index (χ2v) is 6.59. The van der Waals surface area contributed by atoms with Gasteiger partial charge in [-0.15, -0.1) is 0 Å². The first-order valence-electron chi connectivity index (χ1n) is 7.09. The molecule has 0 aromatic heterocycles. The molecule has 0 N–H and O–H groups in total. The van der Waals surface area contributed by atoms with E-state index in [1.54, 1.807) is 0 Å². The molecule has 3 nitrogen and oxygen atoms in total. The van der Waals surface area contributed by atoms with E-state index in [1.165, 1.54) is 0 Å². The van der Waals surface area contributed by atoms with Gasteiger partial charge in [0.05, 0.1) is 11.5 Å². The molecule has 4 heteroatoms. The highest BCUT2D eigenvalue weighted by atomic mass is 32.2. The van der Waals surface area contributed by atoms with Gasteiger partial charge < -0.3 is 0 Å². The van der Waals surface area contributed by atoms with Crippen molar-refractivity contribution in [2.75, 3.05) is 11.5 Å². The topological polar surface area (TPSA) is 51.2 Å². The Bertz CT molecular complexity index is 593. The number of carbonyl (C=O) groups is 2. The number of hydrogen-bond acceptors (Lipinski definition) is 3. The Kier molecular flexibility index (Phi) is 6.22. The Morgan fingerprint density at radius 1 is 0.682 bits per heavy atom. The molecule has 0 unspecified atom stereocenters. The normalized spacial score (nSPS) is 10.6. The molecule has 0 atom stereocenters. The van der Waals surface area contributed by atoms with Gasteiger partial charge in [0.15, 0.2) is 0 Å². The number of benzene rings is 2. The van der Waals surface area contributed by atoms with Crippen molar-refractivity contribution in [3.05, 3.63) is 71.8 Å². The van der Waals surface area contributed by atoms with E-state index in [2.05, 4.69) is 0 Å². The Morgan fingerprint density at radius 2 is 1.05 bits per heavy atom. The fourth-order valence-corrected chi connectivity index (χ4v) is 3.18. The smallest absolute Gasteiger partial charge is 0.149 e. The Morgan fingerprint density at radius 3 is 1.41 bits per heavy atom. The maximum Gasteiger partial charge on any atom is 0.149 e. The van der Waals surface area contributed by atoms with Crippen LogP contribution in [0.15, 0.2) is 60.7 Å². The van der Waals surface area contributed by atoms with E-state index < -0.39 is 10.8 Å². The van der Waals surface area contributed by atoms with Crippen LogP contribution in [-0.4, -0.2) is 27.3 Å². The highest BCUT2D eigenvalue weighted by Crippen LogP contribution is 2.03. The molecule has 0 amide bonds. The number of hydrogen-bond donors (Lipinski definition) is 0. The van der Waals surface area contributed by atoms with Crippen LogP contribution in [0.5, 0.6) is 0 Å². The molecule has 0 aliphatic heterocycles. The second kappa shape index (κ2) is 8.39. The van der Waals surface area contributed by atoms with Crippen LogP contribution in [0, 0.1) is 0 Å². The molecule has 114 valence electrons. The summed E-state index contributed by atoms with van der Waals surface area (Å²) in [7, 11) is -1.43. The van der Waals surface area contributed by atoms with Gasteiger partial charge in [0.1, 0.15) is 11.6 Å². The fourth-order valence-electron chi connectivity index (χ4n) is 2.16. The number of rotatable bonds is 8. The molecule has 2 rings (SSSR count). The number of ketones is 2. The Labute approximate surface area is 132 Å². The molecule has 22 heavy (non-hydrogen) atoms. The average Bonchev–Trinajstić information content (AvgIpc) is 2.48. The van der Waals surface area contributed by atoms with E-state index >= 15 is 0 Å². The van der Waals surface area contributed by atoms with Crippen molar-refractivity contribution in [3.8, 4) is 0 Å². The number of carbonyl (C=O) groups excluding carboxylic acids is 2. The quantitative estimate of drug-likeness (QED) is 0.751. The van der Waals surface area contributed by atoms with Crippen molar-refractivity contribution in [2.45, 2.75) is 12.8 Å². The molecular formula is C18H18O3S. The third-order valence-electron chi connectivity index (χ3n) is 3.13. The molecule has 0 aliphatic carbocycles. The van der Waals surface area contributed by atoms with Gasteiger partial charge in [0, 0.05) is 23.6 Å². The van der Waals surface area contributed by atoms with Crippen LogP contribution >= 0.6 is 0 Å². The van der Waals surface area contributed by atoms with Crippen molar-refractivity contribution in [1.82, 2.24) is 0 Å². The minimum atomic E-state index is -1.43. The largest absolute Gasteiger partial charge is 0.298 e. The molecule has 0 heterocycles. The predicted octanol–water partition coefficient (Wildman–Crippen LogP) is 2.36. The first-order chi connectivity index (χ1) is 10.6. The van der Waals surface area contributed by atoms with Gasteiger partial charge in [-0.1, -0.05) is 60.7 Å². The minimum Gasteiger partial charge on any atom is -0.298 e. The van der Waals surface area contributed by atoms with Gasteiger partial charge in [0.25, 0.3) is 0 Å². The zero-order valence-corrected chi connectivity index (χ0v) is 13.1. The maximum atomic E-state index is 11.9. The summed E-state index contributed by atoms with van der Waals surface area (Å²) in [6, 6.07) is 18.7. The summed E-state index contributed by atoms with van der Waals surface area (Å²) in [5.74, 6) is -0.320. The third kappa shape index (κ3) is 5.74. The standard InChI is InChI=1S/C18H18O3S/c19-17(11-15-7-3-1-4-8-15)13-22(21)14-18(20)12-16-9-5-2-6-10-16/h1-10H,11-14H2. The molecule has 0 bridgehead atoms. The first-order valence-corrected chi connectivity index (χ1v) is 8.58. The Hall–Kier alpha value is -2.07. The SMILES string of the molecule is O=C(Cc1ccccc1)CS(=O)CC(=O)Cc1ccccc1. The van der Waals surface area contributed by atoms with Crippen molar-refractivity contribution in [1.29, 1.82) is 0 Å². The molecule has 0 spiro atoms. The van der Waals surface area contributed by atoms with Crippen LogP contribution in [0.25, 0.3) is 0 Å². The summed E-state index contributed by atoms with van der Waals surface area (Å²) in [6.07, 6.45) is 0.527. The van der Waals surface area contributed by atoms with Gasteiger partial charge in [-0.2, -0.15) is 0 Å².